The van der Waals surface area contributed by atoms with Crippen molar-refractivity contribution in [1.29, 1.82) is 0 Å². The third-order valence-electron chi connectivity index (χ3n) is 8.36. The van der Waals surface area contributed by atoms with E-state index in [1.807, 2.05) is 18.2 Å². The van der Waals surface area contributed by atoms with Crippen LogP contribution in [-0.4, -0.2) is 61.1 Å². The van der Waals surface area contributed by atoms with E-state index in [1.165, 1.54) is 18.6 Å². The fraction of sp³-hybridized carbons (Fsp3) is 0.379. The summed E-state index contributed by atoms with van der Waals surface area (Å²) in [7, 11) is 0. The number of aromatic hydroxyl groups is 1. The van der Waals surface area contributed by atoms with E-state index in [4.69, 9.17) is 10.8 Å². The maximum absolute atomic E-state index is 13.8. The predicted molar refractivity (Wildman–Crippen MR) is 143 cm³/mol. The number of alkyl halides is 2. The minimum absolute atomic E-state index is 0.0249. The van der Waals surface area contributed by atoms with Crippen LogP contribution in [0.1, 0.15) is 76.2 Å². The first-order valence-corrected chi connectivity index (χ1v) is 13.5. The molecule has 9 nitrogen and oxygen atoms in total. The minimum Gasteiger partial charge on any atom is -0.506 e. The smallest absolute Gasteiger partial charge is 0.280 e. The molecule has 11 heteroatoms. The highest BCUT2D eigenvalue weighted by atomic mass is 19.3. The number of aromatic nitrogens is 3. The number of anilines is 1. The Morgan fingerprint density at radius 1 is 1.15 bits per heavy atom. The van der Waals surface area contributed by atoms with E-state index >= 15 is 0 Å². The van der Waals surface area contributed by atoms with Crippen LogP contribution < -0.4 is 5.73 Å². The molecule has 1 atom stereocenters. The number of hydrogen-bond donors (Lipinski definition) is 2. The number of rotatable bonds is 5. The largest absolute Gasteiger partial charge is 0.506 e. The summed E-state index contributed by atoms with van der Waals surface area (Å²) in [6, 6.07) is 7.57. The molecular weight excluding hydrogens is 518 g/mol. The molecule has 3 aliphatic rings. The number of nitrogens with two attached hydrogens (primary N) is 1. The average molecular weight is 549 g/mol. The summed E-state index contributed by atoms with van der Waals surface area (Å²) in [5.74, 6) is -0.366. The van der Waals surface area contributed by atoms with Gasteiger partial charge in [0.25, 0.3) is 12.3 Å². The lowest BCUT2D eigenvalue weighted by molar-refractivity contribution is -0.126. The van der Waals surface area contributed by atoms with Crippen LogP contribution in [0.15, 0.2) is 43.0 Å². The number of carbonyl (C=O) groups is 2. The van der Waals surface area contributed by atoms with Crippen LogP contribution in [0.5, 0.6) is 5.75 Å². The molecule has 4 heterocycles. The van der Waals surface area contributed by atoms with Crippen LogP contribution in [0.4, 0.5) is 14.6 Å². The van der Waals surface area contributed by atoms with Crippen molar-refractivity contribution in [2.45, 2.75) is 50.5 Å². The monoisotopic (exact) mass is 548 g/mol. The van der Waals surface area contributed by atoms with Gasteiger partial charge >= 0.3 is 0 Å². The molecular formula is C29H30F2N6O3. The molecule has 0 saturated heterocycles. The number of phenolic OH excluding ortho intramolecular Hbond substituents is 1. The Morgan fingerprint density at radius 3 is 2.60 bits per heavy atom. The van der Waals surface area contributed by atoms with E-state index in [2.05, 4.69) is 11.6 Å². The highest BCUT2D eigenvalue weighted by Crippen LogP contribution is 2.41. The second kappa shape index (κ2) is 10.0. The molecule has 0 spiro atoms. The zero-order valence-electron chi connectivity index (χ0n) is 21.9. The lowest BCUT2D eigenvalue weighted by Crippen LogP contribution is -2.46. The number of phenols is 1. The van der Waals surface area contributed by atoms with Crippen molar-refractivity contribution in [2.24, 2.45) is 0 Å². The molecule has 0 unspecified atom stereocenters. The van der Waals surface area contributed by atoms with E-state index in [1.54, 1.807) is 14.5 Å². The third kappa shape index (κ3) is 4.29. The van der Waals surface area contributed by atoms with Crippen LogP contribution in [-0.2, 0) is 17.6 Å². The topological polar surface area (TPSA) is 118 Å². The quantitative estimate of drug-likeness (QED) is 0.464. The molecule has 40 heavy (non-hydrogen) atoms. The van der Waals surface area contributed by atoms with Gasteiger partial charge in [-0.1, -0.05) is 19.1 Å². The molecule has 0 bridgehead atoms. The van der Waals surface area contributed by atoms with Crippen molar-refractivity contribution < 1.29 is 23.5 Å². The molecule has 3 aromatic rings. The molecule has 1 fully saturated rings. The Bertz CT molecular complexity index is 1520. The van der Waals surface area contributed by atoms with Gasteiger partial charge in [0, 0.05) is 38.0 Å². The van der Waals surface area contributed by atoms with E-state index < -0.39 is 24.1 Å². The Morgan fingerprint density at radius 2 is 1.95 bits per heavy atom. The summed E-state index contributed by atoms with van der Waals surface area (Å²) in [6.07, 6.45) is 2.77. The van der Waals surface area contributed by atoms with Gasteiger partial charge in [0.15, 0.2) is 0 Å². The fourth-order valence-corrected chi connectivity index (χ4v) is 6.03. The molecule has 208 valence electrons. The number of nitrogen functional groups attached to an aromatic ring is 1. The summed E-state index contributed by atoms with van der Waals surface area (Å²) in [6.45, 7) is 4.47. The van der Waals surface area contributed by atoms with Crippen LogP contribution >= 0.6 is 0 Å². The van der Waals surface area contributed by atoms with Crippen LogP contribution in [0.25, 0.3) is 5.69 Å². The molecule has 1 aliphatic carbocycles. The highest BCUT2D eigenvalue weighted by Gasteiger charge is 2.40. The van der Waals surface area contributed by atoms with Gasteiger partial charge in [0.2, 0.25) is 5.91 Å². The number of carbonyl (C=O) groups excluding carboxylic acids is 2. The zero-order chi connectivity index (χ0) is 28.1. The van der Waals surface area contributed by atoms with Crippen molar-refractivity contribution in [3.8, 4) is 11.4 Å². The average Bonchev–Trinajstić information content (AvgIpc) is 3.16. The Labute approximate surface area is 229 Å². The van der Waals surface area contributed by atoms with Gasteiger partial charge in [0.05, 0.1) is 23.0 Å². The van der Waals surface area contributed by atoms with E-state index in [-0.39, 0.29) is 36.1 Å². The maximum Gasteiger partial charge on any atom is 0.280 e. The molecule has 2 aliphatic heterocycles. The standard InChI is InChI=1S/C29H30F2N6O3/c1-2-25(39)35-12-10-19-26-22(37(34-19)21-9-6-17(14-24(21)38)16-4-3-5-16)11-13-36(23(26)15-35)29(40)18-7-8-20(27(30)31)33-28(18)32/h2,6-9,14,16,23,27,38H,1,3-5,10-13,15H2,(H2,32,33)/t23-/m0/s1. The van der Waals surface area contributed by atoms with Gasteiger partial charge in [-0.05, 0) is 54.7 Å². The molecule has 3 N–H and O–H groups in total. The first-order valence-electron chi connectivity index (χ1n) is 13.5. The number of amides is 2. The first kappa shape index (κ1) is 26.0. The van der Waals surface area contributed by atoms with E-state index in [0.29, 0.717) is 31.0 Å². The molecule has 2 aromatic heterocycles. The molecule has 1 saturated carbocycles. The molecule has 1 aromatic carbocycles. The predicted octanol–water partition coefficient (Wildman–Crippen LogP) is 4.07. The summed E-state index contributed by atoms with van der Waals surface area (Å²) >= 11 is 0. The van der Waals surface area contributed by atoms with Crippen molar-refractivity contribution >= 4 is 17.6 Å². The number of pyridine rings is 1. The second-order valence-electron chi connectivity index (χ2n) is 10.6. The summed E-state index contributed by atoms with van der Waals surface area (Å²) < 4.78 is 28.0. The minimum atomic E-state index is -2.81. The van der Waals surface area contributed by atoms with Crippen LogP contribution in [0, 0.1) is 0 Å². The SMILES string of the molecule is C=CC(=O)N1CCc2nn(-c3ccc(C4CCC4)cc3O)c3c2[C@H](C1)N(C(=O)c1ccc(C(F)F)nc1N)CC3. The summed E-state index contributed by atoms with van der Waals surface area (Å²) in [4.78, 5) is 33.4. The number of halogens is 2. The first-order chi connectivity index (χ1) is 19.3. The lowest BCUT2D eigenvalue weighted by atomic mass is 9.80. The van der Waals surface area contributed by atoms with Crippen molar-refractivity contribution in [3.63, 3.8) is 0 Å². The molecule has 2 amide bonds. The second-order valence-corrected chi connectivity index (χ2v) is 10.6. The van der Waals surface area contributed by atoms with Gasteiger partial charge in [-0.2, -0.15) is 5.10 Å². The van der Waals surface area contributed by atoms with Crippen molar-refractivity contribution in [3.05, 3.63) is 76.8 Å². The van der Waals surface area contributed by atoms with Gasteiger partial charge in [-0.15, -0.1) is 0 Å². The summed E-state index contributed by atoms with van der Waals surface area (Å²) in [5, 5.41) is 15.9. The van der Waals surface area contributed by atoms with Crippen LogP contribution in [0.2, 0.25) is 0 Å². The van der Waals surface area contributed by atoms with Gasteiger partial charge in [0.1, 0.15) is 22.9 Å². The third-order valence-corrected chi connectivity index (χ3v) is 8.36. The highest BCUT2D eigenvalue weighted by molar-refractivity contribution is 5.99. The molecule has 6 rings (SSSR count). The van der Waals surface area contributed by atoms with Gasteiger partial charge in [-0.3, -0.25) is 9.59 Å². The van der Waals surface area contributed by atoms with Crippen molar-refractivity contribution in [2.75, 3.05) is 25.4 Å². The zero-order valence-corrected chi connectivity index (χ0v) is 21.9. The lowest BCUT2D eigenvalue weighted by Gasteiger charge is -2.38. The van der Waals surface area contributed by atoms with Gasteiger partial charge in [-0.25, -0.2) is 18.4 Å². The number of benzene rings is 1. The van der Waals surface area contributed by atoms with E-state index in [9.17, 15) is 23.5 Å². The Balaban J connectivity index is 1.40. The van der Waals surface area contributed by atoms with Crippen LogP contribution in [0.3, 0.4) is 0 Å². The normalized spacial score (nSPS) is 18.7. The Kier molecular flexibility index (Phi) is 6.52. The number of hydrogen-bond acceptors (Lipinski definition) is 6. The van der Waals surface area contributed by atoms with E-state index in [0.717, 1.165) is 41.4 Å². The summed E-state index contributed by atoms with van der Waals surface area (Å²) in [5.41, 5.74) is 9.59. The van der Waals surface area contributed by atoms with Gasteiger partial charge < -0.3 is 20.6 Å². The molecule has 0 radical (unpaired) electrons. The Hall–Kier alpha value is -4.28. The maximum atomic E-state index is 13.8. The van der Waals surface area contributed by atoms with Crippen molar-refractivity contribution in [1.82, 2.24) is 24.6 Å². The number of nitrogens with zero attached hydrogens (tertiary/aromatic N) is 5. The fourth-order valence-electron chi connectivity index (χ4n) is 6.03.